The molecular formula is C28H26N2O4S. The van der Waals surface area contributed by atoms with Crippen molar-refractivity contribution in [1.29, 1.82) is 0 Å². The molecule has 6 nitrogen and oxygen atoms in total. The maximum absolute atomic E-state index is 13.7. The summed E-state index contributed by atoms with van der Waals surface area (Å²) in [5.74, 6) is -0.704. The molecule has 4 aromatic rings. The summed E-state index contributed by atoms with van der Waals surface area (Å²) in [5.41, 5.74) is 3.22. The van der Waals surface area contributed by atoms with Crippen LogP contribution in [0.4, 0.5) is 5.69 Å². The first-order chi connectivity index (χ1) is 17.0. The lowest BCUT2D eigenvalue weighted by Gasteiger charge is -2.15. The van der Waals surface area contributed by atoms with Crippen molar-refractivity contribution >= 4 is 40.0 Å². The fourth-order valence-electron chi connectivity index (χ4n) is 4.57. The molecule has 0 saturated carbocycles. The average molecular weight is 487 g/mol. The second kappa shape index (κ2) is 9.50. The molecule has 0 radical (unpaired) electrons. The second-order valence-corrected chi connectivity index (χ2v) is 9.71. The average Bonchev–Trinajstić information content (AvgIpc) is 3.24. The summed E-state index contributed by atoms with van der Waals surface area (Å²) in [6, 6.07) is 14.9. The van der Waals surface area contributed by atoms with Gasteiger partial charge in [0.1, 0.15) is 5.00 Å². The number of benzene rings is 2. The van der Waals surface area contributed by atoms with Crippen molar-refractivity contribution in [2.45, 2.75) is 39.5 Å². The van der Waals surface area contributed by atoms with Gasteiger partial charge in [-0.05, 0) is 63.3 Å². The molecule has 5 rings (SSSR count). The molecule has 1 aliphatic rings. The van der Waals surface area contributed by atoms with Gasteiger partial charge in [0, 0.05) is 21.9 Å². The van der Waals surface area contributed by atoms with Crippen LogP contribution in [0.15, 0.2) is 58.3 Å². The maximum Gasteiger partial charge on any atom is 0.341 e. The minimum Gasteiger partial charge on any atom is -0.494 e. The summed E-state index contributed by atoms with van der Waals surface area (Å²) in [4.78, 5) is 32.3. The SMILES string of the molecule is CCOC(=O)c1c(-n2c(O)c(C=Nc3ccc(C)cc3)c3ccccc3c2=O)sc2c1CCCC2. The Hall–Kier alpha value is -3.71. The Morgan fingerprint density at radius 1 is 1.11 bits per heavy atom. The molecule has 0 fully saturated rings. The molecule has 1 aliphatic carbocycles. The van der Waals surface area contributed by atoms with Crippen molar-refractivity contribution in [3.05, 3.63) is 86.0 Å². The monoisotopic (exact) mass is 486 g/mol. The van der Waals surface area contributed by atoms with E-state index in [1.165, 1.54) is 15.9 Å². The molecule has 2 aromatic heterocycles. The largest absolute Gasteiger partial charge is 0.494 e. The Kier molecular flexibility index (Phi) is 6.26. The van der Waals surface area contributed by atoms with Crippen LogP contribution in [-0.4, -0.2) is 28.5 Å². The highest BCUT2D eigenvalue weighted by atomic mass is 32.1. The molecule has 0 aliphatic heterocycles. The standard InChI is InChI=1S/C28H26N2O4S/c1-3-34-28(33)24-21-10-6-7-11-23(21)35-27(24)30-25(31)20-9-5-4-8-19(20)22(26(30)32)16-29-18-14-12-17(2)13-15-18/h4-5,8-9,12-16,32H,3,6-7,10-11H2,1-2H3. The highest BCUT2D eigenvalue weighted by Crippen LogP contribution is 2.39. The molecule has 35 heavy (non-hydrogen) atoms. The lowest BCUT2D eigenvalue weighted by molar-refractivity contribution is 0.0525. The molecule has 0 bridgehead atoms. The van der Waals surface area contributed by atoms with E-state index in [4.69, 9.17) is 4.74 Å². The normalized spacial score (nSPS) is 13.3. The van der Waals surface area contributed by atoms with Crippen LogP contribution >= 0.6 is 11.3 Å². The zero-order valence-electron chi connectivity index (χ0n) is 19.7. The van der Waals surface area contributed by atoms with E-state index in [2.05, 4.69) is 4.99 Å². The second-order valence-electron chi connectivity index (χ2n) is 8.63. The predicted molar refractivity (Wildman–Crippen MR) is 140 cm³/mol. The van der Waals surface area contributed by atoms with Crippen LogP contribution in [0, 0.1) is 6.92 Å². The number of aliphatic imine (C=N–C) groups is 1. The molecule has 0 unspecified atom stereocenters. The van der Waals surface area contributed by atoms with E-state index in [-0.39, 0.29) is 18.0 Å². The van der Waals surface area contributed by atoms with Gasteiger partial charge in [0.15, 0.2) is 0 Å². The van der Waals surface area contributed by atoms with Crippen molar-refractivity contribution in [3.8, 4) is 10.9 Å². The fourth-order valence-corrected chi connectivity index (χ4v) is 5.95. The molecular weight excluding hydrogens is 460 g/mol. The number of pyridine rings is 1. The minimum atomic E-state index is -0.462. The number of thiophene rings is 1. The number of nitrogens with zero attached hydrogens (tertiary/aromatic N) is 2. The number of carbonyl (C=O) groups is 1. The van der Waals surface area contributed by atoms with Gasteiger partial charge in [-0.1, -0.05) is 35.9 Å². The van der Waals surface area contributed by atoms with Crippen LogP contribution in [0.5, 0.6) is 5.88 Å². The molecule has 2 heterocycles. The Morgan fingerprint density at radius 3 is 2.57 bits per heavy atom. The fraction of sp³-hybridized carbons (Fsp3) is 0.250. The van der Waals surface area contributed by atoms with Crippen LogP contribution in [-0.2, 0) is 17.6 Å². The van der Waals surface area contributed by atoms with Crippen molar-refractivity contribution < 1.29 is 14.6 Å². The van der Waals surface area contributed by atoms with Crippen LogP contribution in [0.25, 0.3) is 15.8 Å². The summed E-state index contributed by atoms with van der Waals surface area (Å²) in [5, 5.41) is 12.9. The van der Waals surface area contributed by atoms with E-state index in [1.54, 1.807) is 31.3 Å². The molecule has 0 spiro atoms. The van der Waals surface area contributed by atoms with E-state index >= 15 is 0 Å². The Balaban J connectivity index is 1.77. The topological polar surface area (TPSA) is 80.9 Å². The van der Waals surface area contributed by atoms with E-state index in [9.17, 15) is 14.7 Å². The molecule has 7 heteroatoms. The van der Waals surface area contributed by atoms with Gasteiger partial charge in [0.2, 0.25) is 5.88 Å². The number of rotatable bonds is 5. The number of hydrogen-bond acceptors (Lipinski definition) is 6. The third-order valence-electron chi connectivity index (χ3n) is 6.32. The molecule has 1 N–H and O–H groups in total. The van der Waals surface area contributed by atoms with Gasteiger partial charge in [-0.25, -0.2) is 9.36 Å². The third-order valence-corrected chi connectivity index (χ3v) is 7.59. The Bertz CT molecular complexity index is 1510. The highest BCUT2D eigenvalue weighted by molar-refractivity contribution is 7.15. The summed E-state index contributed by atoms with van der Waals surface area (Å²) in [7, 11) is 0. The van der Waals surface area contributed by atoms with E-state index in [0.29, 0.717) is 26.9 Å². The van der Waals surface area contributed by atoms with E-state index in [0.717, 1.165) is 47.4 Å². The third kappa shape index (κ3) is 4.17. The van der Waals surface area contributed by atoms with Crippen molar-refractivity contribution in [1.82, 2.24) is 4.57 Å². The molecule has 0 atom stereocenters. The number of aromatic hydroxyl groups is 1. The predicted octanol–water partition coefficient (Wildman–Crippen LogP) is 5.87. The number of ether oxygens (including phenoxy) is 1. The lowest BCUT2D eigenvalue weighted by Crippen LogP contribution is -2.22. The lowest BCUT2D eigenvalue weighted by atomic mass is 9.95. The Morgan fingerprint density at radius 2 is 1.83 bits per heavy atom. The number of esters is 1. The van der Waals surface area contributed by atoms with E-state index in [1.807, 2.05) is 37.3 Å². The van der Waals surface area contributed by atoms with Crippen molar-refractivity contribution in [2.24, 2.45) is 4.99 Å². The number of hydrogen-bond donors (Lipinski definition) is 1. The van der Waals surface area contributed by atoms with E-state index < -0.39 is 5.97 Å². The van der Waals surface area contributed by atoms with Gasteiger partial charge in [0.25, 0.3) is 5.56 Å². The molecule has 2 aromatic carbocycles. The van der Waals surface area contributed by atoms with Gasteiger partial charge in [-0.3, -0.25) is 9.79 Å². The smallest absolute Gasteiger partial charge is 0.341 e. The first kappa shape index (κ1) is 23.1. The van der Waals surface area contributed by atoms with Crippen LogP contribution in [0.1, 0.15) is 51.7 Å². The first-order valence-corrected chi connectivity index (χ1v) is 12.6. The van der Waals surface area contributed by atoms with Gasteiger partial charge < -0.3 is 9.84 Å². The van der Waals surface area contributed by atoms with Gasteiger partial charge in [-0.15, -0.1) is 11.3 Å². The number of aromatic nitrogens is 1. The zero-order valence-corrected chi connectivity index (χ0v) is 20.5. The summed E-state index contributed by atoms with van der Waals surface area (Å²) in [6.07, 6.45) is 5.18. The van der Waals surface area contributed by atoms with Crippen molar-refractivity contribution in [3.63, 3.8) is 0 Å². The molecule has 0 saturated heterocycles. The summed E-state index contributed by atoms with van der Waals surface area (Å²) < 4.78 is 6.63. The van der Waals surface area contributed by atoms with Gasteiger partial charge in [-0.2, -0.15) is 0 Å². The van der Waals surface area contributed by atoms with Gasteiger partial charge >= 0.3 is 5.97 Å². The van der Waals surface area contributed by atoms with Crippen molar-refractivity contribution in [2.75, 3.05) is 6.61 Å². The number of fused-ring (bicyclic) bond motifs is 2. The zero-order chi connectivity index (χ0) is 24.5. The number of aryl methyl sites for hydroxylation is 2. The first-order valence-electron chi connectivity index (χ1n) is 11.8. The Labute approximate surface area is 207 Å². The summed E-state index contributed by atoms with van der Waals surface area (Å²) >= 11 is 1.39. The quantitative estimate of drug-likeness (QED) is 0.282. The number of carbonyl (C=O) groups excluding carboxylic acids is 1. The molecule has 0 amide bonds. The maximum atomic E-state index is 13.7. The highest BCUT2D eigenvalue weighted by Gasteiger charge is 2.30. The molecule has 178 valence electrons. The van der Waals surface area contributed by atoms with Crippen LogP contribution in [0.3, 0.4) is 0 Å². The van der Waals surface area contributed by atoms with Gasteiger partial charge in [0.05, 0.1) is 23.4 Å². The summed E-state index contributed by atoms with van der Waals surface area (Å²) in [6.45, 7) is 4.00. The van der Waals surface area contributed by atoms with Crippen LogP contribution in [0.2, 0.25) is 0 Å². The minimum absolute atomic E-state index is 0.232. The van der Waals surface area contributed by atoms with Crippen LogP contribution < -0.4 is 5.56 Å².